The van der Waals surface area contributed by atoms with Gasteiger partial charge in [-0.25, -0.2) is 9.97 Å². The average Bonchev–Trinajstić information content (AvgIpc) is 3.34. The molecule has 8 nitrogen and oxygen atoms in total. The number of alkyl halides is 3. The van der Waals surface area contributed by atoms with E-state index in [1.807, 2.05) is 17.0 Å². The van der Waals surface area contributed by atoms with E-state index in [1.54, 1.807) is 7.11 Å². The Labute approximate surface area is 247 Å². The molecule has 4 N–H and O–H groups in total. The number of nitrogens with zero attached hydrogens (tertiary/aromatic N) is 4. The molecule has 3 heterocycles. The van der Waals surface area contributed by atoms with E-state index in [0.29, 0.717) is 36.7 Å². The fourth-order valence-corrected chi connectivity index (χ4v) is 7.48. The van der Waals surface area contributed by atoms with E-state index in [2.05, 4.69) is 34.0 Å². The molecule has 0 radical (unpaired) electrons. The number of nitrogen functional groups attached to an aromatic ring is 1. The number of methoxy groups -OCH3 is 1. The van der Waals surface area contributed by atoms with Crippen molar-refractivity contribution >= 4 is 29.3 Å². The first-order valence-electron chi connectivity index (χ1n) is 14.1. The van der Waals surface area contributed by atoms with Crippen LogP contribution in [0.4, 0.5) is 24.8 Å². The Morgan fingerprint density at radius 2 is 1.88 bits per heavy atom. The molecule has 42 heavy (non-hydrogen) atoms. The summed E-state index contributed by atoms with van der Waals surface area (Å²) in [4.78, 5) is 26.5. The summed E-state index contributed by atoms with van der Waals surface area (Å²) in [6.07, 6.45) is 2.94. The normalized spacial score (nSPS) is 19.2. The molecule has 3 aromatic rings. The third kappa shape index (κ3) is 6.13. The second kappa shape index (κ2) is 12.0. The Hall–Kier alpha value is -3.54. The Kier molecular flexibility index (Phi) is 8.54. The van der Waals surface area contributed by atoms with Crippen LogP contribution in [0.3, 0.4) is 0 Å². The molecule has 1 aliphatic heterocycles. The van der Waals surface area contributed by atoms with Crippen molar-refractivity contribution in [3.63, 3.8) is 0 Å². The standard InChI is InChI=1S/C30H35F3N6O2S/c1-18(19-7-9-21(41-2)10-8-19)17-20-5-3-11-29(20)12-15-39(16-13-29)27-23(26(35)40)37-28(25(34)38-27)42-22-6-4-14-36-24(22)30(31,32)33/h4,6-10,14,18,20H,3,5,11-13,15-17H2,1-2H3,(H2,34,38)(H2,35,40)/t18-,20-/m0/s1. The van der Waals surface area contributed by atoms with Gasteiger partial charge in [-0.2, -0.15) is 13.2 Å². The van der Waals surface area contributed by atoms with Crippen molar-refractivity contribution in [2.24, 2.45) is 17.1 Å². The highest BCUT2D eigenvalue weighted by molar-refractivity contribution is 7.99. The smallest absolute Gasteiger partial charge is 0.434 e. The number of rotatable bonds is 8. The third-order valence-electron chi connectivity index (χ3n) is 8.82. The van der Waals surface area contributed by atoms with Crippen molar-refractivity contribution in [1.82, 2.24) is 15.0 Å². The lowest BCUT2D eigenvalue weighted by atomic mass is 9.67. The van der Waals surface area contributed by atoms with Crippen LogP contribution >= 0.6 is 11.8 Å². The Balaban J connectivity index is 1.32. The number of aromatic nitrogens is 3. The topological polar surface area (TPSA) is 120 Å². The van der Waals surface area contributed by atoms with Gasteiger partial charge in [0, 0.05) is 24.2 Å². The van der Waals surface area contributed by atoms with Gasteiger partial charge in [-0.3, -0.25) is 9.78 Å². The maximum absolute atomic E-state index is 13.5. The van der Waals surface area contributed by atoms with E-state index in [-0.39, 0.29) is 32.7 Å². The largest absolute Gasteiger partial charge is 0.497 e. The number of benzene rings is 1. The number of carbonyl (C=O) groups excluding carboxylic acids is 1. The number of pyridine rings is 1. The molecule has 2 atom stereocenters. The summed E-state index contributed by atoms with van der Waals surface area (Å²) in [6, 6.07) is 11.0. The maximum Gasteiger partial charge on any atom is 0.434 e. The third-order valence-corrected chi connectivity index (χ3v) is 9.87. The van der Waals surface area contributed by atoms with Gasteiger partial charge < -0.3 is 21.1 Å². The molecule has 0 bridgehead atoms. The Morgan fingerprint density at radius 3 is 2.52 bits per heavy atom. The van der Waals surface area contributed by atoms with Gasteiger partial charge in [-0.15, -0.1) is 0 Å². The minimum atomic E-state index is -4.66. The number of hydrogen-bond donors (Lipinski definition) is 2. The molecule has 2 fully saturated rings. The second-order valence-corrected chi connectivity index (χ2v) is 12.3. The number of primary amides is 1. The first-order chi connectivity index (χ1) is 20.0. The lowest BCUT2D eigenvalue weighted by Gasteiger charge is -2.44. The zero-order valence-corrected chi connectivity index (χ0v) is 24.5. The summed E-state index contributed by atoms with van der Waals surface area (Å²) in [6.45, 7) is 3.60. The van der Waals surface area contributed by atoms with Gasteiger partial charge in [0.05, 0.1) is 7.11 Å². The number of amides is 1. The fraction of sp³-hybridized carbons (Fsp3) is 0.467. The van der Waals surface area contributed by atoms with Crippen LogP contribution in [0.1, 0.15) is 73.1 Å². The highest BCUT2D eigenvalue weighted by Gasteiger charge is 2.45. The predicted octanol–water partition coefficient (Wildman–Crippen LogP) is 6.31. The van der Waals surface area contributed by atoms with Gasteiger partial charge in [-0.1, -0.05) is 37.2 Å². The zero-order chi connectivity index (χ0) is 30.1. The number of hydrogen-bond acceptors (Lipinski definition) is 8. The molecule has 5 rings (SSSR count). The summed E-state index contributed by atoms with van der Waals surface area (Å²) >= 11 is 0.662. The average molecular weight is 601 g/mol. The molecule has 2 aromatic heterocycles. The lowest BCUT2D eigenvalue weighted by Crippen LogP contribution is -2.43. The highest BCUT2D eigenvalue weighted by atomic mass is 32.2. The van der Waals surface area contributed by atoms with Crippen molar-refractivity contribution in [2.45, 2.75) is 67.5 Å². The van der Waals surface area contributed by atoms with E-state index in [1.165, 1.54) is 37.0 Å². The van der Waals surface area contributed by atoms with Crippen LogP contribution in [0.5, 0.6) is 5.75 Å². The van der Waals surface area contributed by atoms with Crippen LogP contribution in [0, 0.1) is 11.3 Å². The van der Waals surface area contributed by atoms with Crippen LogP contribution in [-0.2, 0) is 6.18 Å². The van der Waals surface area contributed by atoms with Gasteiger partial charge in [0.25, 0.3) is 5.91 Å². The van der Waals surface area contributed by atoms with Gasteiger partial charge in [0.2, 0.25) is 0 Å². The molecular formula is C30H35F3N6O2S. The van der Waals surface area contributed by atoms with Crippen molar-refractivity contribution in [3.05, 3.63) is 59.5 Å². The molecule has 0 unspecified atom stereocenters. The van der Waals surface area contributed by atoms with Gasteiger partial charge in [-0.05, 0) is 79.2 Å². The minimum absolute atomic E-state index is 0.0251. The molecule has 1 amide bonds. The molecule has 1 aromatic carbocycles. The number of anilines is 2. The number of carbonyl (C=O) groups is 1. The predicted molar refractivity (Wildman–Crippen MR) is 156 cm³/mol. The van der Waals surface area contributed by atoms with Crippen molar-refractivity contribution in [2.75, 3.05) is 30.8 Å². The molecule has 1 aliphatic carbocycles. The van der Waals surface area contributed by atoms with Crippen molar-refractivity contribution in [1.29, 1.82) is 0 Å². The number of ether oxygens (including phenoxy) is 1. The first-order valence-corrected chi connectivity index (χ1v) is 14.9. The molecule has 1 saturated carbocycles. The van der Waals surface area contributed by atoms with Crippen molar-refractivity contribution < 1.29 is 22.7 Å². The second-order valence-electron chi connectivity index (χ2n) is 11.2. The number of halogens is 3. The van der Waals surface area contributed by atoms with E-state index in [4.69, 9.17) is 16.2 Å². The van der Waals surface area contributed by atoms with Crippen molar-refractivity contribution in [3.8, 4) is 5.75 Å². The molecular weight excluding hydrogens is 565 g/mol. The van der Waals surface area contributed by atoms with E-state index in [9.17, 15) is 18.0 Å². The zero-order valence-electron chi connectivity index (χ0n) is 23.7. The molecule has 1 spiro atoms. The van der Waals surface area contributed by atoms with Gasteiger partial charge >= 0.3 is 6.18 Å². The van der Waals surface area contributed by atoms with Crippen LogP contribution in [0.25, 0.3) is 0 Å². The van der Waals surface area contributed by atoms with Crippen LogP contribution in [0.15, 0.2) is 52.5 Å². The van der Waals surface area contributed by atoms with E-state index < -0.39 is 17.8 Å². The van der Waals surface area contributed by atoms with Crippen LogP contribution < -0.4 is 21.1 Å². The van der Waals surface area contributed by atoms with E-state index in [0.717, 1.165) is 31.2 Å². The minimum Gasteiger partial charge on any atom is -0.497 e. The van der Waals surface area contributed by atoms with Gasteiger partial charge in [0.1, 0.15) is 10.8 Å². The Bertz CT molecular complexity index is 1430. The summed E-state index contributed by atoms with van der Waals surface area (Å²) in [5.74, 6) is 1.26. The molecule has 2 aliphatic rings. The lowest BCUT2D eigenvalue weighted by molar-refractivity contribution is -0.143. The fourth-order valence-electron chi connectivity index (χ4n) is 6.57. The molecule has 1 saturated heterocycles. The first kappa shape index (κ1) is 29.9. The monoisotopic (exact) mass is 600 g/mol. The molecule has 12 heteroatoms. The molecule has 224 valence electrons. The number of nitrogens with two attached hydrogens (primary N) is 2. The van der Waals surface area contributed by atoms with Crippen LogP contribution in [-0.4, -0.2) is 41.1 Å². The number of piperidine rings is 1. The SMILES string of the molecule is COc1ccc([C@@H](C)C[C@@H]2CCCC23CCN(c2nc(N)c(Sc4cccnc4C(F)(F)F)nc2C(N)=O)CC3)cc1. The van der Waals surface area contributed by atoms with E-state index >= 15 is 0 Å². The van der Waals surface area contributed by atoms with Crippen LogP contribution in [0.2, 0.25) is 0 Å². The highest BCUT2D eigenvalue weighted by Crippen LogP contribution is 2.54. The summed E-state index contributed by atoms with van der Waals surface area (Å²) in [7, 11) is 1.67. The summed E-state index contributed by atoms with van der Waals surface area (Å²) in [5, 5.41) is -0.0251. The maximum atomic E-state index is 13.5. The summed E-state index contributed by atoms with van der Waals surface area (Å²) in [5.41, 5.74) is 12.2. The quantitative estimate of drug-likeness (QED) is 0.309. The van der Waals surface area contributed by atoms with Gasteiger partial charge in [0.15, 0.2) is 23.0 Å². The summed E-state index contributed by atoms with van der Waals surface area (Å²) < 4.78 is 45.7. The Morgan fingerprint density at radius 1 is 1.17 bits per heavy atom.